The molecule has 2 aromatic heterocycles. The summed E-state index contributed by atoms with van der Waals surface area (Å²) in [7, 11) is 0. The summed E-state index contributed by atoms with van der Waals surface area (Å²) in [6, 6.07) is 6.35. The third kappa shape index (κ3) is 2.91. The minimum absolute atomic E-state index is 0.213. The van der Waals surface area contributed by atoms with E-state index in [9.17, 15) is 9.59 Å². The normalized spacial score (nSPS) is 14.2. The van der Waals surface area contributed by atoms with Crippen molar-refractivity contribution in [2.75, 3.05) is 10.6 Å². The fraction of sp³-hybridized carbons (Fsp3) is 0. The number of carbonyl (C=O) groups is 2. The number of nitrogens with two attached hydrogens (primary N) is 1. The lowest BCUT2D eigenvalue weighted by Gasteiger charge is -2.04. The van der Waals surface area contributed by atoms with Crippen LogP contribution in [-0.2, 0) is 4.79 Å². The van der Waals surface area contributed by atoms with E-state index < -0.39 is 6.03 Å². The fourth-order valence-corrected chi connectivity index (χ4v) is 2.82. The molecule has 3 heterocycles. The second kappa shape index (κ2) is 6.17. The van der Waals surface area contributed by atoms with Gasteiger partial charge in [-0.2, -0.15) is 0 Å². The van der Waals surface area contributed by atoms with Gasteiger partial charge in [-0.25, -0.2) is 14.8 Å². The van der Waals surface area contributed by atoms with Crippen LogP contribution in [0.4, 0.5) is 16.2 Å². The quantitative estimate of drug-likeness (QED) is 0.543. The van der Waals surface area contributed by atoms with Crippen LogP contribution in [0.1, 0.15) is 11.3 Å². The molecule has 0 saturated carbocycles. The highest BCUT2D eigenvalue weighted by Gasteiger charge is 2.24. The van der Waals surface area contributed by atoms with Crippen LogP contribution in [0.5, 0.6) is 0 Å². The summed E-state index contributed by atoms with van der Waals surface area (Å²) in [6.07, 6.45) is 8.47. The van der Waals surface area contributed by atoms with Gasteiger partial charge in [0.25, 0.3) is 5.91 Å². The van der Waals surface area contributed by atoms with Crippen molar-refractivity contribution in [2.45, 2.75) is 0 Å². The van der Waals surface area contributed by atoms with Gasteiger partial charge >= 0.3 is 6.03 Å². The molecule has 5 N–H and O–H groups in total. The summed E-state index contributed by atoms with van der Waals surface area (Å²) in [5.74, 6) is -0.213. The van der Waals surface area contributed by atoms with Crippen molar-refractivity contribution in [2.24, 2.45) is 5.73 Å². The van der Waals surface area contributed by atoms with Crippen molar-refractivity contribution < 1.29 is 9.59 Å². The number of fused-ring (bicyclic) bond motifs is 1. The summed E-state index contributed by atoms with van der Waals surface area (Å²) >= 11 is 0. The molecule has 0 aliphatic carbocycles. The van der Waals surface area contributed by atoms with Gasteiger partial charge in [0.05, 0.1) is 5.57 Å². The summed E-state index contributed by atoms with van der Waals surface area (Å²) in [5.41, 5.74) is 10.1. The highest BCUT2D eigenvalue weighted by atomic mass is 16.2. The maximum absolute atomic E-state index is 12.3. The summed E-state index contributed by atoms with van der Waals surface area (Å²) in [6.45, 7) is 0. The smallest absolute Gasteiger partial charge is 0.316 e. The van der Waals surface area contributed by atoms with E-state index in [0.717, 1.165) is 16.8 Å². The molecule has 0 spiro atoms. The van der Waals surface area contributed by atoms with Gasteiger partial charge in [-0.3, -0.25) is 4.79 Å². The molecule has 3 aromatic rings. The van der Waals surface area contributed by atoms with Gasteiger partial charge in [-0.15, -0.1) is 0 Å². The topological polar surface area (TPSA) is 126 Å². The molecule has 26 heavy (non-hydrogen) atoms. The highest BCUT2D eigenvalue weighted by molar-refractivity contribution is 6.35. The minimum atomic E-state index is -0.660. The zero-order chi connectivity index (χ0) is 18.1. The van der Waals surface area contributed by atoms with Gasteiger partial charge in [-0.05, 0) is 30.3 Å². The van der Waals surface area contributed by atoms with E-state index >= 15 is 0 Å². The number of H-pyrrole nitrogens is 1. The lowest BCUT2D eigenvalue weighted by molar-refractivity contribution is -0.110. The Bertz CT molecular complexity index is 1040. The standard InChI is InChI=1S/C18H14N6O2/c19-18(26)23-12-1-2-16-14(4-12)15(17(25)24-16)5-13-3-10(8-22-13)11-6-20-9-21-7-11/h1-9,22H,(H,24,25)(H3,19,23,26). The van der Waals surface area contributed by atoms with Crippen LogP contribution in [-0.4, -0.2) is 26.9 Å². The molecule has 128 valence electrons. The Labute approximate surface area is 148 Å². The molecule has 3 amide bonds. The SMILES string of the molecule is NC(=O)Nc1ccc2c(c1)C(=Cc1cc(-c3cncnc3)c[nH]1)C(=O)N2. The van der Waals surface area contributed by atoms with Crippen molar-refractivity contribution in [1.82, 2.24) is 15.0 Å². The van der Waals surface area contributed by atoms with E-state index in [1.54, 1.807) is 36.7 Å². The van der Waals surface area contributed by atoms with E-state index in [2.05, 4.69) is 25.6 Å². The number of hydrogen-bond acceptors (Lipinski definition) is 4. The van der Waals surface area contributed by atoms with Crippen molar-refractivity contribution in [3.05, 3.63) is 60.4 Å². The zero-order valence-corrected chi connectivity index (χ0v) is 13.5. The maximum atomic E-state index is 12.3. The molecule has 0 bridgehead atoms. The third-order valence-corrected chi connectivity index (χ3v) is 3.97. The molecule has 0 fully saturated rings. The Hall–Kier alpha value is -3.94. The second-order valence-corrected chi connectivity index (χ2v) is 5.73. The number of hydrogen-bond donors (Lipinski definition) is 4. The van der Waals surface area contributed by atoms with Gasteiger partial charge < -0.3 is 21.4 Å². The Balaban J connectivity index is 1.69. The number of nitrogens with zero attached hydrogens (tertiary/aromatic N) is 2. The molecule has 4 rings (SSSR count). The Kier molecular flexibility index (Phi) is 3.70. The van der Waals surface area contributed by atoms with Crippen molar-refractivity contribution in [3.8, 4) is 11.1 Å². The van der Waals surface area contributed by atoms with Crippen LogP contribution in [0.3, 0.4) is 0 Å². The largest absolute Gasteiger partial charge is 0.361 e. The molecule has 1 aromatic carbocycles. The van der Waals surface area contributed by atoms with Gasteiger partial charge in [0.2, 0.25) is 0 Å². The Morgan fingerprint density at radius 3 is 2.73 bits per heavy atom. The number of benzene rings is 1. The number of amides is 3. The van der Waals surface area contributed by atoms with Gasteiger partial charge in [0.15, 0.2) is 0 Å². The van der Waals surface area contributed by atoms with E-state index in [-0.39, 0.29) is 5.91 Å². The first-order valence-corrected chi connectivity index (χ1v) is 7.78. The monoisotopic (exact) mass is 346 g/mol. The first-order valence-electron chi connectivity index (χ1n) is 7.78. The third-order valence-electron chi connectivity index (χ3n) is 3.97. The number of anilines is 2. The van der Waals surface area contributed by atoms with Gasteiger partial charge in [0, 0.05) is 52.3 Å². The molecular formula is C18H14N6O2. The number of nitrogens with one attached hydrogen (secondary N) is 3. The number of aromatic amines is 1. The number of rotatable bonds is 3. The highest BCUT2D eigenvalue weighted by Crippen LogP contribution is 2.35. The summed E-state index contributed by atoms with van der Waals surface area (Å²) in [4.78, 5) is 34.5. The molecule has 1 aliphatic rings. The van der Waals surface area contributed by atoms with Crippen molar-refractivity contribution in [3.63, 3.8) is 0 Å². The average molecular weight is 346 g/mol. The average Bonchev–Trinajstić information content (AvgIpc) is 3.21. The van der Waals surface area contributed by atoms with Crippen molar-refractivity contribution in [1.29, 1.82) is 0 Å². The van der Waals surface area contributed by atoms with Crippen LogP contribution in [0.2, 0.25) is 0 Å². The first-order chi connectivity index (χ1) is 12.6. The zero-order valence-electron chi connectivity index (χ0n) is 13.5. The van der Waals surface area contributed by atoms with Crippen LogP contribution in [0.25, 0.3) is 22.8 Å². The predicted octanol–water partition coefficient (Wildman–Crippen LogP) is 2.45. The fourth-order valence-electron chi connectivity index (χ4n) is 2.82. The lowest BCUT2D eigenvalue weighted by Crippen LogP contribution is -2.19. The molecule has 0 saturated heterocycles. The predicted molar refractivity (Wildman–Crippen MR) is 98.0 cm³/mol. The molecule has 8 nitrogen and oxygen atoms in total. The number of carbonyl (C=O) groups excluding carboxylic acids is 2. The molecular weight excluding hydrogens is 332 g/mol. The van der Waals surface area contributed by atoms with Crippen LogP contribution >= 0.6 is 0 Å². The molecule has 1 aliphatic heterocycles. The van der Waals surface area contributed by atoms with Gasteiger partial charge in [0.1, 0.15) is 6.33 Å². The minimum Gasteiger partial charge on any atom is -0.361 e. The van der Waals surface area contributed by atoms with Crippen LogP contribution in [0.15, 0.2) is 49.2 Å². The van der Waals surface area contributed by atoms with E-state index in [1.807, 2.05) is 12.3 Å². The molecule has 0 unspecified atom stereocenters. The molecule has 0 atom stereocenters. The Morgan fingerprint density at radius 2 is 1.96 bits per heavy atom. The van der Waals surface area contributed by atoms with E-state index in [1.165, 1.54) is 6.33 Å². The number of urea groups is 1. The summed E-state index contributed by atoms with van der Waals surface area (Å²) in [5, 5.41) is 5.31. The molecule has 8 heteroatoms. The maximum Gasteiger partial charge on any atom is 0.316 e. The van der Waals surface area contributed by atoms with Crippen molar-refractivity contribution >= 4 is 35.0 Å². The summed E-state index contributed by atoms with van der Waals surface area (Å²) < 4.78 is 0. The first kappa shape index (κ1) is 15.6. The number of aromatic nitrogens is 3. The van der Waals surface area contributed by atoms with Gasteiger partial charge in [-0.1, -0.05) is 0 Å². The second-order valence-electron chi connectivity index (χ2n) is 5.73. The Morgan fingerprint density at radius 1 is 1.15 bits per heavy atom. The lowest BCUT2D eigenvalue weighted by atomic mass is 10.0. The van der Waals surface area contributed by atoms with E-state index in [4.69, 9.17) is 5.73 Å². The molecule has 0 radical (unpaired) electrons. The van der Waals surface area contributed by atoms with Crippen LogP contribution in [0, 0.1) is 0 Å². The van der Waals surface area contributed by atoms with E-state index in [0.29, 0.717) is 22.5 Å². The van der Waals surface area contributed by atoms with Crippen LogP contribution < -0.4 is 16.4 Å². The number of primary amides is 1.